The Kier molecular flexibility index (Phi) is 5.74. The van der Waals surface area contributed by atoms with E-state index in [1.807, 2.05) is 0 Å². The molecule has 0 spiro atoms. The number of anilines is 1. The topological polar surface area (TPSA) is 84.9 Å². The van der Waals surface area contributed by atoms with Gasteiger partial charge in [0.05, 0.1) is 12.8 Å². The van der Waals surface area contributed by atoms with E-state index in [-0.39, 0.29) is 5.91 Å². The van der Waals surface area contributed by atoms with Crippen molar-refractivity contribution in [1.82, 2.24) is 0 Å². The summed E-state index contributed by atoms with van der Waals surface area (Å²) in [5, 5.41) is 11.3. The summed E-state index contributed by atoms with van der Waals surface area (Å²) >= 11 is 0. The van der Waals surface area contributed by atoms with Gasteiger partial charge in [-0.15, -0.1) is 0 Å². The SMILES string of the molecule is COc1ccc(/C=C/C(=O)O)cc1NC(=O)C(C)OC. The van der Waals surface area contributed by atoms with Crippen molar-refractivity contribution in [2.45, 2.75) is 13.0 Å². The van der Waals surface area contributed by atoms with Crippen molar-refractivity contribution in [1.29, 1.82) is 0 Å². The van der Waals surface area contributed by atoms with Gasteiger partial charge in [-0.3, -0.25) is 4.79 Å². The van der Waals surface area contributed by atoms with Crippen LogP contribution in [-0.4, -0.2) is 37.3 Å². The van der Waals surface area contributed by atoms with Crippen LogP contribution in [0.15, 0.2) is 24.3 Å². The van der Waals surface area contributed by atoms with Crippen molar-refractivity contribution in [2.75, 3.05) is 19.5 Å². The minimum atomic E-state index is -1.04. The second-order valence-corrected chi connectivity index (χ2v) is 4.00. The van der Waals surface area contributed by atoms with Crippen molar-refractivity contribution < 1.29 is 24.2 Å². The first-order chi connectivity index (χ1) is 9.47. The smallest absolute Gasteiger partial charge is 0.328 e. The Bertz CT molecular complexity index is 524. The maximum absolute atomic E-state index is 11.8. The van der Waals surface area contributed by atoms with Crippen LogP contribution < -0.4 is 10.1 Å². The van der Waals surface area contributed by atoms with E-state index in [0.717, 1.165) is 6.08 Å². The lowest BCUT2D eigenvalue weighted by Crippen LogP contribution is -2.26. The second kappa shape index (κ2) is 7.30. The molecule has 0 aliphatic heterocycles. The van der Waals surface area contributed by atoms with E-state index >= 15 is 0 Å². The van der Waals surface area contributed by atoms with Gasteiger partial charge in [-0.2, -0.15) is 0 Å². The standard InChI is InChI=1S/C14H17NO5/c1-9(19-2)14(18)15-11-8-10(5-7-13(16)17)4-6-12(11)20-3/h4-9H,1-3H3,(H,15,18)(H,16,17)/b7-5+. The van der Waals surface area contributed by atoms with Crippen LogP contribution in [0, 0.1) is 0 Å². The summed E-state index contributed by atoms with van der Waals surface area (Å²) in [6.45, 7) is 1.62. The Morgan fingerprint density at radius 2 is 2.05 bits per heavy atom. The van der Waals surface area contributed by atoms with E-state index in [1.54, 1.807) is 25.1 Å². The van der Waals surface area contributed by atoms with Crippen LogP contribution in [0.3, 0.4) is 0 Å². The number of rotatable bonds is 6. The van der Waals surface area contributed by atoms with Gasteiger partial charge in [-0.05, 0) is 30.7 Å². The first-order valence-corrected chi connectivity index (χ1v) is 5.90. The Balaban J connectivity index is 3.00. The second-order valence-electron chi connectivity index (χ2n) is 4.00. The molecule has 0 aliphatic rings. The molecule has 0 saturated heterocycles. The highest BCUT2D eigenvalue weighted by atomic mass is 16.5. The predicted molar refractivity (Wildman–Crippen MR) is 74.8 cm³/mol. The molecule has 1 rings (SSSR count). The molecule has 1 atom stereocenters. The largest absolute Gasteiger partial charge is 0.495 e. The van der Waals surface area contributed by atoms with Gasteiger partial charge in [0, 0.05) is 13.2 Å². The number of amides is 1. The molecule has 0 fully saturated rings. The monoisotopic (exact) mass is 279 g/mol. The van der Waals surface area contributed by atoms with Gasteiger partial charge in [0.1, 0.15) is 11.9 Å². The third kappa shape index (κ3) is 4.40. The van der Waals surface area contributed by atoms with E-state index in [1.165, 1.54) is 20.3 Å². The maximum Gasteiger partial charge on any atom is 0.328 e. The maximum atomic E-state index is 11.8. The molecule has 0 aromatic heterocycles. The van der Waals surface area contributed by atoms with Gasteiger partial charge in [-0.25, -0.2) is 4.79 Å². The summed E-state index contributed by atoms with van der Waals surface area (Å²) in [6, 6.07) is 4.96. The molecule has 1 amide bonds. The van der Waals surface area contributed by atoms with Gasteiger partial charge >= 0.3 is 5.97 Å². The van der Waals surface area contributed by atoms with Crippen LogP contribution >= 0.6 is 0 Å². The summed E-state index contributed by atoms with van der Waals surface area (Å²) in [5.74, 6) is -0.876. The molecule has 0 saturated carbocycles. The summed E-state index contributed by atoms with van der Waals surface area (Å²) in [4.78, 5) is 22.3. The number of carbonyl (C=O) groups excluding carboxylic acids is 1. The van der Waals surface area contributed by atoms with Crippen LogP contribution in [0.1, 0.15) is 12.5 Å². The van der Waals surface area contributed by atoms with Gasteiger partial charge in [0.25, 0.3) is 5.91 Å². The number of carboxylic acid groups (broad SMARTS) is 1. The van der Waals surface area contributed by atoms with Crippen LogP contribution in [0.25, 0.3) is 6.08 Å². The Hall–Kier alpha value is -2.34. The average Bonchev–Trinajstić information content (AvgIpc) is 2.44. The van der Waals surface area contributed by atoms with Crippen LogP contribution in [0.5, 0.6) is 5.75 Å². The van der Waals surface area contributed by atoms with Gasteiger partial charge in [0.2, 0.25) is 0 Å². The predicted octanol–water partition coefficient (Wildman–Crippen LogP) is 1.77. The highest BCUT2D eigenvalue weighted by Crippen LogP contribution is 2.26. The van der Waals surface area contributed by atoms with Crippen LogP contribution in [0.4, 0.5) is 5.69 Å². The van der Waals surface area contributed by atoms with Crippen molar-refractivity contribution in [3.8, 4) is 5.75 Å². The number of carbonyl (C=O) groups is 2. The van der Waals surface area contributed by atoms with Gasteiger partial charge in [-0.1, -0.05) is 6.07 Å². The number of benzene rings is 1. The first-order valence-electron chi connectivity index (χ1n) is 5.90. The molecule has 20 heavy (non-hydrogen) atoms. The van der Waals surface area contributed by atoms with Crippen molar-refractivity contribution >= 4 is 23.6 Å². The van der Waals surface area contributed by atoms with E-state index in [4.69, 9.17) is 14.6 Å². The zero-order valence-electron chi connectivity index (χ0n) is 11.5. The van der Waals surface area contributed by atoms with Crippen molar-refractivity contribution in [3.63, 3.8) is 0 Å². The minimum absolute atomic E-state index is 0.315. The lowest BCUT2D eigenvalue weighted by Gasteiger charge is -2.13. The molecular formula is C14H17NO5. The van der Waals surface area contributed by atoms with Crippen molar-refractivity contribution in [3.05, 3.63) is 29.8 Å². The van der Waals surface area contributed by atoms with Crippen LogP contribution in [0.2, 0.25) is 0 Å². The zero-order valence-corrected chi connectivity index (χ0v) is 11.5. The van der Waals surface area contributed by atoms with E-state index in [0.29, 0.717) is 17.0 Å². The lowest BCUT2D eigenvalue weighted by molar-refractivity contribution is -0.131. The molecule has 0 heterocycles. The highest BCUT2D eigenvalue weighted by molar-refractivity contribution is 5.95. The molecule has 108 valence electrons. The third-order valence-electron chi connectivity index (χ3n) is 2.62. The van der Waals surface area contributed by atoms with Gasteiger partial charge < -0.3 is 19.9 Å². The molecule has 1 unspecified atom stereocenters. The quantitative estimate of drug-likeness (QED) is 0.775. The van der Waals surface area contributed by atoms with E-state index in [9.17, 15) is 9.59 Å². The molecule has 2 N–H and O–H groups in total. The highest BCUT2D eigenvalue weighted by Gasteiger charge is 2.14. The third-order valence-corrected chi connectivity index (χ3v) is 2.62. The van der Waals surface area contributed by atoms with E-state index < -0.39 is 12.1 Å². The fourth-order valence-electron chi connectivity index (χ4n) is 1.44. The number of ether oxygens (including phenoxy) is 2. The number of hydrogen-bond donors (Lipinski definition) is 2. The average molecular weight is 279 g/mol. The Morgan fingerprint density at radius 3 is 2.60 bits per heavy atom. The molecule has 1 aromatic rings. The minimum Gasteiger partial charge on any atom is -0.495 e. The molecule has 0 aliphatic carbocycles. The molecule has 1 aromatic carbocycles. The number of hydrogen-bond acceptors (Lipinski definition) is 4. The fraction of sp³-hybridized carbons (Fsp3) is 0.286. The molecule has 0 bridgehead atoms. The number of nitrogens with one attached hydrogen (secondary N) is 1. The first kappa shape index (κ1) is 15.7. The summed E-state index contributed by atoms with van der Waals surface area (Å²) < 4.78 is 10.1. The summed E-state index contributed by atoms with van der Waals surface area (Å²) in [6.07, 6.45) is 1.85. The normalized spacial score (nSPS) is 12.2. The van der Waals surface area contributed by atoms with Gasteiger partial charge in [0.15, 0.2) is 0 Å². The number of carboxylic acids is 1. The van der Waals surface area contributed by atoms with Crippen molar-refractivity contribution in [2.24, 2.45) is 0 Å². The fourth-order valence-corrected chi connectivity index (χ4v) is 1.44. The molecule has 0 radical (unpaired) electrons. The summed E-state index contributed by atoms with van der Waals surface area (Å²) in [5.41, 5.74) is 1.09. The summed E-state index contributed by atoms with van der Waals surface area (Å²) in [7, 11) is 2.92. The molecule has 6 nitrogen and oxygen atoms in total. The Labute approximate surface area is 117 Å². The number of methoxy groups -OCH3 is 2. The Morgan fingerprint density at radius 1 is 1.35 bits per heavy atom. The lowest BCUT2D eigenvalue weighted by atomic mass is 10.1. The van der Waals surface area contributed by atoms with E-state index in [2.05, 4.69) is 5.32 Å². The zero-order chi connectivity index (χ0) is 15.1. The molecular weight excluding hydrogens is 262 g/mol. The van der Waals surface area contributed by atoms with Crippen LogP contribution in [-0.2, 0) is 14.3 Å². The number of aliphatic carboxylic acids is 1. The molecule has 6 heteroatoms.